The van der Waals surface area contributed by atoms with Gasteiger partial charge in [0.25, 0.3) is 0 Å². The van der Waals surface area contributed by atoms with E-state index in [9.17, 15) is 14.0 Å². The molecule has 7 heteroatoms. The van der Waals surface area contributed by atoms with Gasteiger partial charge in [-0.15, -0.1) is 0 Å². The Balaban J connectivity index is 1.80. The van der Waals surface area contributed by atoms with E-state index in [0.29, 0.717) is 51.4 Å². The van der Waals surface area contributed by atoms with Crippen LogP contribution in [0.3, 0.4) is 0 Å². The first-order valence-electron chi connectivity index (χ1n) is 7.69. The molecule has 23 heavy (non-hydrogen) atoms. The molecule has 1 heterocycles. The molecule has 1 aliphatic rings. The van der Waals surface area contributed by atoms with Gasteiger partial charge in [-0.3, -0.25) is 9.59 Å². The molecule has 1 N–H and O–H groups in total. The molecule has 0 saturated carbocycles. The summed E-state index contributed by atoms with van der Waals surface area (Å²) in [6, 6.07) is 6.56. The number of amides is 2. The van der Waals surface area contributed by atoms with Crippen molar-refractivity contribution in [3.8, 4) is 0 Å². The molecule has 1 aromatic rings. The van der Waals surface area contributed by atoms with Crippen molar-refractivity contribution in [3.05, 3.63) is 30.1 Å². The highest BCUT2D eigenvalue weighted by Crippen LogP contribution is 2.20. The van der Waals surface area contributed by atoms with Crippen LogP contribution in [0.4, 0.5) is 10.1 Å². The van der Waals surface area contributed by atoms with Gasteiger partial charge in [0.15, 0.2) is 0 Å². The van der Waals surface area contributed by atoms with Gasteiger partial charge in [-0.05, 0) is 18.6 Å². The lowest BCUT2D eigenvalue weighted by Crippen LogP contribution is -2.53. The topological polar surface area (TPSA) is 61.9 Å². The lowest BCUT2D eigenvalue weighted by Gasteiger charge is -2.35. The molecule has 1 aliphatic heterocycles. The van der Waals surface area contributed by atoms with E-state index in [0.717, 1.165) is 0 Å². The number of piperazine rings is 1. The normalized spacial score (nSPS) is 14.7. The van der Waals surface area contributed by atoms with Crippen molar-refractivity contribution >= 4 is 17.5 Å². The van der Waals surface area contributed by atoms with Crippen molar-refractivity contribution in [2.45, 2.75) is 6.42 Å². The molecule has 0 aromatic heterocycles. The lowest BCUT2D eigenvalue weighted by atomic mass is 10.2. The largest absolute Gasteiger partial charge is 0.385 e. The second-order valence-electron chi connectivity index (χ2n) is 5.33. The van der Waals surface area contributed by atoms with Crippen LogP contribution >= 0.6 is 0 Å². The Morgan fingerprint density at radius 3 is 2.57 bits per heavy atom. The minimum absolute atomic E-state index is 0.275. The van der Waals surface area contributed by atoms with Gasteiger partial charge in [0, 0.05) is 46.4 Å². The fraction of sp³-hybridized carbons (Fsp3) is 0.500. The van der Waals surface area contributed by atoms with Gasteiger partial charge in [0.05, 0.1) is 5.69 Å². The standard InChI is InChI=1S/C16H22FN3O3/c1-23-12-4-7-18-15(21)16(22)20-10-8-19(9-11-20)14-6-3-2-5-13(14)17/h2-3,5-6H,4,7-12H2,1H3,(H,18,21). The molecule has 2 amide bonds. The predicted octanol–water partition coefficient (Wildman–Crippen LogP) is 0.627. The smallest absolute Gasteiger partial charge is 0.312 e. The third-order valence-corrected chi connectivity index (χ3v) is 3.77. The molecule has 0 spiro atoms. The summed E-state index contributed by atoms with van der Waals surface area (Å²) in [4.78, 5) is 27.2. The van der Waals surface area contributed by atoms with Crippen molar-refractivity contribution in [1.29, 1.82) is 0 Å². The number of hydrogen-bond donors (Lipinski definition) is 1. The molecule has 1 aromatic carbocycles. The van der Waals surface area contributed by atoms with Gasteiger partial charge >= 0.3 is 11.8 Å². The zero-order valence-corrected chi connectivity index (χ0v) is 13.3. The monoisotopic (exact) mass is 323 g/mol. The molecule has 1 saturated heterocycles. The molecule has 0 aliphatic carbocycles. The molecule has 0 bridgehead atoms. The second-order valence-corrected chi connectivity index (χ2v) is 5.33. The Kier molecular flexibility index (Phi) is 6.34. The van der Waals surface area contributed by atoms with Gasteiger partial charge in [-0.25, -0.2) is 4.39 Å². The van der Waals surface area contributed by atoms with Crippen LogP contribution in [0.15, 0.2) is 24.3 Å². The highest BCUT2D eigenvalue weighted by Gasteiger charge is 2.26. The average Bonchev–Trinajstić information content (AvgIpc) is 2.58. The number of carbonyl (C=O) groups is 2. The van der Waals surface area contributed by atoms with Gasteiger partial charge < -0.3 is 19.9 Å². The maximum absolute atomic E-state index is 13.8. The Morgan fingerprint density at radius 1 is 1.22 bits per heavy atom. The number of nitrogens with zero attached hydrogens (tertiary/aromatic N) is 2. The first-order chi connectivity index (χ1) is 11.1. The summed E-state index contributed by atoms with van der Waals surface area (Å²) in [7, 11) is 1.59. The van der Waals surface area contributed by atoms with Crippen LogP contribution in [0.5, 0.6) is 0 Å². The van der Waals surface area contributed by atoms with Crippen LogP contribution < -0.4 is 10.2 Å². The van der Waals surface area contributed by atoms with Gasteiger partial charge in [-0.2, -0.15) is 0 Å². The molecule has 1 fully saturated rings. The van der Waals surface area contributed by atoms with Crippen molar-refractivity contribution < 1.29 is 18.7 Å². The predicted molar refractivity (Wildman–Crippen MR) is 84.7 cm³/mol. The minimum Gasteiger partial charge on any atom is -0.385 e. The number of methoxy groups -OCH3 is 1. The maximum atomic E-state index is 13.8. The SMILES string of the molecule is COCCCNC(=O)C(=O)N1CCN(c2ccccc2F)CC1. The van der Waals surface area contributed by atoms with E-state index in [1.165, 1.54) is 11.0 Å². The number of para-hydroxylation sites is 1. The number of rotatable bonds is 5. The Morgan fingerprint density at radius 2 is 1.91 bits per heavy atom. The summed E-state index contributed by atoms with van der Waals surface area (Å²) in [5.74, 6) is -1.40. The Bertz CT molecular complexity index is 545. The van der Waals surface area contributed by atoms with Gasteiger partial charge in [0.1, 0.15) is 5.82 Å². The number of halogens is 1. The van der Waals surface area contributed by atoms with E-state index in [-0.39, 0.29) is 5.82 Å². The van der Waals surface area contributed by atoms with Gasteiger partial charge in [-0.1, -0.05) is 12.1 Å². The summed E-state index contributed by atoms with van der Waals surface area (Å²) >= 11 is 0. The van der Waals surface area contributed by atoms with Gasteiger partial charge in [0.2, 0.25) is 0 Å². The minimum atomic E-state index is -0.597. The number of hydrogen-bond acceptors (Lipinski definition) is 4. The summed E-state index contributed by atoms with van der Waals surface area (Å²) in [5.41, 5.74) is 0.531. The first kappa shape index (κ1) is 17.2. The molecular formula is C16H22FN3O3. The van der Waals surface area contributed by atoms with E-state index in [1.54, 1.807) is 25.3 Å². The van der Waals surface area contributed by atoms with Crippen molar-refractivity contribution in [2.24, 2.45) is 0 Å². The lowest BCUT2D eigenvalue weighted by molar-refractivity contribution is -0.146. The zero-order chi connectivity index (χ0) is 16.7. The van der Waals surface area contributed by atoms with Crippen molar-refractivity contribution in [3.63, 3.8) is 0 Å². The number of nitrogens with one attached hydrogen (secondary N) is 1. The van der Waals surface area contributed by atoms with E-state index in [1.807, 2.05) is 4.90 Å². The fourth-order valence-electron chi connectivity index (χ4n) is 2.50. The average molecular weight is 323 g/mol. The van der Waals surface area contributed by atoms with Crippen molar-refractivity contribution in [2.75, 3.05) is 51.3 Å². The highest BCUT2D eigenvalue weighted by molar-refractivity contribution is 6.35. The molecule has 6 nitrogen and oxygen atoms in total. The Labute approximate surface area is 135 Å². The van der Waals surface area contributed by atoms with Crippen LogP contribution in [0.1, 0.15) is 6.42 Å². The van der Waals surface area contributed by atoms with Crippen LogP contribution in [0.25, 0.3) is 0 Å². The van der Waals surface area contributed by atoms with E-state index in [2.05, 4.69) is 5.32 Å². The molecule has 2 rings (SSSR count). The Hall–Kier alpha value is -2.15. The third-order valence-electron chi connectivity index (χ3n) is 3.77. The highest BCUT2D eigenvalue weighted by atomic mass is 19.1. The molecule has 0 atom stereocenters. The fourth-order valence-corrected chi connectivity index (χ4v) is 2.50. The summed E-state index contributed by atoms with van der Waals surface area (Å²) in [6.07, 6.45) is 0.663. The van der Waals surface area contributed by atoms with Crippen molar-refractivity contribution in [1.82, 2.24) is 10.2 Å². The maximum Gasteiger partial charge on any atom is 0.312 e. The number of carbonyl (C=O) groups excluding carboxylic acids is 2. The zero-order valence-electron chi connectivity index (χ0n) is 13.3. The molecular weight excluding hydrogens is 301 g/mol. The number of ether oxygens (including phenoxy) is 1. The quantitative estimate of drug-likeness (QED) is 0.638. The van der Waals surface area contributed by atoms with Crippen LogP contribution in [0.2, 0.25) is 0 Å². The van der Waals surface area contributed by atoms with Crippen LogP contribution in [-0.2, 0) is 14.3 Å². The van der Waals surface area contributed by atoms with Crippen LogP contribution in [-0.4, -0.2) is 63.2 Å². The molecule has 0 unspecified atom stereocenters. The first-order valence-corrected chi connectivity index (χ1v) is 7.69. The van der Waals surface area contributed by atoms with Crippen LogP contribution in [0, 0.1) is 5.82 Å². The number of anilines is 1. The summed E-state index contributed by atoms with van der Waals surface area (Å²) < 4.78 is 18.6. The van der Waals surface area contributed by atoms with E-state index < -0.39 is 11.8 Å². The third kappa shape index (κ3) is 4.66. The van der Waals surface area contributed by atoms with E-state index in [4.69, 9.17) is 4.74 Å². The summed E-state index contributed by atoms with van der Waals surface area (Å²) in [6.45, 7) is 2.76. The molecule has 0 radical (unpaired) electrons. The molecule has 126 valence electrons. The second kappa shape index (κ2) is 8.47. The summed E-state index contributed by atoms with van der Waals surface area (Å²) in [5, 5.41) is 2.58. The number of benzene rings is 1. The van der Waals surface area contributed by atoms with E-state index >= 15 is 0 Å².